The third kappa shape index (κ3) is 6.23. The quantitative estimate of drug-likeness (QED) is 0.781. The van der Waals surface area contributed by atoms with Crippen molar-refractivity contribution in [2.45, 2.75) is 52.1 Å². The Hall–Kier alpha value is -0.530. The molecule has 0 bridgehead atoms. The Bertz CT molecular complexity index is 602. The summed E-state index contributed by atoms with van der Waals surface area (Å²) >= 11 is 0. The maximum absolute atomic E-state index is 12.7. The van der Waals surface area contributed by atoms with E-state index < -0.39 is 0 Å². The Kier molecular flexibility index (Phi) is 11.2. The molecule has 9 heteroatoms. The molecule has 0 radical (unpaired) electrons. The zero-order valence-corrected chi connectivity index (χ0v) is 19.0. The first-order chi connectivity index (χ1) is 11.5. The molecule has 2 fully saturated rings. The number of hydrogen-bond acceptors (Lipinski definition) is 4. The normalized spacial score (nSPS) is 23.0. The lowest BCUT2D eigenvalue weighted by Crippen LogP contribution is -2.51. The zero-order chi connectivity index (χ0) is 17.3. The van der Waals surface area contributed by atoms with Gasteiger partial charge in [-0.25, -0.2) is 0 Å². The molecule has 2 heterocycles. The molecule has 2 N–H and O–H groups in total. The lowest BCUT2D eigenvalue weighted by molar-refractivity contribution is -0.138. The summed E-state index contributed by atoms with van der Waals surface area (Å²) in [7, 11) is 2.00. The van der Waals surface area contributed by atoms with Crippen LogP contribution < -0.4 is 5.73 Å². The van der Waals surface area contributed by atoms with E-state index in [1.165, 1.54) is 11.3 Å². The molecule has 3 rings (SSSR count). The van der Waals surface area contributed by atoms with Crippen LogP contribution in [-0.2, 0) is 18.4 Å². The molecule has 1 aliphatic heterocycles. The summed E-state index contributed by atoms with van der Waals surface area (Å²) in [6, 6.07) is 0.213. The predicted molar refractivity (Wildman–Crippen MR) is 116 cm³/mol. The molecule has 2 atom stereocenters. The van der Waals surface area contributed by atoms with E-state index in [1.807, 2.05) is 11.7 Å². The third-order valence-corrected chi connectivity index (χ3v) is 5.79. The minimum Gasteiger partial charge on any atom is -0.340 e. The van der Waals surface area contributed by atoms with Crippen molar-refractivity contribution in [1.82, 2.24) is 19.6 Å². The molecule has 0 spiro atoms. The minimum absolute atomic E-state index is 0. The van der Waals surface area contributed by atoms with Gasteiger partial charge in [-0.05, 0) is 33.1 Å². The van der Waals surface area contributed by atoms with Gasteiger partial charge in [-0.3, -0.25) is 14.4 Å². The van der Waals surface area contributed by atoms with Gasteiger partial charge in [0, 0.05) is 63.0 Å². The van der Waals surface area contributed by atoms with Crippen molar-refractivity contribution in [3.63, 3.8) is 0 Å². The van der Waals surface area contributed by atoms with Crippen LogP contribution in [0.3, 0.4) is 0 Å². The van der Waals surface area contributed by atoms with Crippen LogP contribution in [-0.4, -0.2) is 57.7 Å². The first-order valence-electron chi connectivity index (χ1n) is 9.21. The average Bonchev–Trinajstić information content (AvgIpc) is 2.81. The molecule has 1 saturated carbocycles. The van der Waals surface area contributed by atoms with Crippen LogP contribution in [0.25, 0.3) is 0 Å². The summed E-state index contributed by atoms with van der Waals surface area (Å²) in [5.41, 5.74) is 9.73. The number of carbonyl (C=O) groups excluding carboxylic acids is 1. The van der Waals surface area contributed by atoms with E-state index in [0.29, 0.717) is 5.91 Å². The van der Waals surface area contributed by atoms with Crippen molar-refractivity contribution in [2.75, 3.05) is 26.2 Å². The summed E-state index contributed by atoms with van der Waals surface area (Å²) < 4.78 is 1.96. The maximum Gasteiger partial charge on any atom is 0.225 e. The van der Waals surface area contributed by atoms with Gasteiger partial charge in [-0.1, -0.05) is 6.42 Å². The summed E-state index contributed by atoms with van der Waals surface area (Å²) in [5, 5.41) is 4.50. The van der Waals surface area contributed by atoms with Crippen LogP contribution in [0.4, 0.5) is 0 Å². The Labute approximate surface area is 181 Å². The summed E-state index contributed by atoms with van der Waals surface area (Å²) in [6.45, 7) is 8.69. The van der Waals surface area contributed by atoms with Gasteiger partial charge in [0.15, 0.2) is 0 Å². The fraction of sp³-hybridized carbons (Fsp3) is 0.778. The number of nitrogens with two attached hydrogens (primary N) is 1. The molecule has 0 aromatic carbocycles. The number of aryl methyl sites for hydroxylation is 2. The molecule has 6 nitrogen and oxygen atoms in total. The van der Waals surface area contributed by atoms with Crippen molar-refractivity contribution in [3.05, 3.63) is 17.0 Å². The molecule has 1 aromatic heterocycles. The van der Waals surface area contributed by atoms with Gasteiger partial charge < -0.3 is 10.6 Å². The highest BCUT2D eigenvalue weighted by Gasteiger charge is 2.30. The number of halogens is 3. The van der Waals surface area contributed by atoms with Gasteiger partial charge in [-0.15, -0.1) is 37.2 Å². The van der Waals surface area contributed by atoms with Gasteiger partial charge in [-0.2, -0.15) is 5.10 Å². The number of piperazine rings is 1. The first-order valence-corrected chi connectivity index (χ1v) is 9.21. The smallest absolute Gasteiger partial charge is 0.225 e. The standard InChI is InChI=1S/C18H31N5O.3ClH/c1-13-17(14(2)21(3)20-13)12-22-7-9-23(10-8-22)18(24)15-5-4-6-16(19)11-15;;;/h15-16H,4-12,19H2,1-3H3;3*1H. The van der Waals surface area contributed by atoms with Crippen LogP contribution in [0.1, 0.15) is 42.6 Å². The number of amides is 1. The van der Waals surface area contributed by atoms with E-state index in [2.05, 4.69) is 28.7 Å². The van der Waals surface area contributed by atoms with Crippen molar-refractivity contribution < 1.29 is 4.79 Å². The van der Waals surface area contributed by atoms with Gasteiger partial charge in [0.2, 0.25) is 5.91 Å². The molecular weight excluding hydrogens is 409 g/mol. The lowest BCUT2D eigenvalue weighted by Gasteiger charge is -2.37. The van der Waals surface area contributed by atoms with Gasteiger partial charge >= 0.3 is 0 Å². The third-order valence-electron chi connectivity index (χ3n) is 5.79. The molecule has 1 aliphatic carbocycles. The molecule has 1 saturated heterocycles. The highest BCUT2D eigenvalue weighted by atomic mass is 35.5. The number of hydrogen-bond donors (Lipinski definition) is 1. The zero-order valence-electron chi connectivity index (χ0n) is 16.5. The van der Waals surface area contributed by atoms with Crippen LogP contribution in [0, 0.1) is 19.8 Å². The SMILES string of the molecule is Cc1nn(C)c(C)c1CN1CCN(C(=O)C2CCCC(N)C2)CC1.Cl.Cl.Cl. The Morgan fingerprint density at radius 1 is 1.11 bits per heavy atom. The molecule has 27 heavy (non-hydrogen) atoms. The molecule has 1 amide bonds. The van der Waals surface area contributed by atoms with Crippen molar-refractivity contribution in [3.8, 4) is 0 Å². The van der Waals surface area contributed by atoms with Crippen LogP contribution >= 0.6 is 37.2 Å². The second kappa shape index (κ2) is 11.5. The van der Waals surface area contributed by atoms with Crippen molar-refractivity contribution in [2.24, 2.45) is 18.7 Å². The van der Waals surface area contributed by atoms with Crippen LogP contribution in [0.2, 0.25) is 0 Å². The monoisotopic (exact) mass is 441 g/mol. The van der Waals surface area contributed by atoms with Gasteiger partial charge in [0.1, 0.15) is 0 Å². The van der Waals surface area contributed by atoms with Crippen molar-refractivity contribution in [1.29, 1.82) is 0 Å². The van der Waals surface area contributed by atoms with Crippen LogP contribution in [0.5, 0.6) is 0 Å². The highest BCUT2D eigenvalue weighted by Crippen LogP contribution is 2.25. The number of aromatic nitrogens is 2. The van der Waals surface area contributed by atoms with E-state index >= 15 is 0 Å². The largest absolute Gasteiger partial charge is 0.340 e. The Balaban J connectivity index is 0.00000225. The Morgan fingerprint density at radius 2 is 1.74 bits per heavy atom. The molecule has 2 aliphatic rings. The number of nitrogens with zero attached hydrogens (tertiary/aromatic N) is 4. The fourth-order valence-corrected chi connectivity index (χ4v) is 4.11. The highest BCUT2D eigenvalue weighted by molar-refractivity contribution is 5.86. The van der Waals surface area contributed by atoms with E-state index in [4.69, 9.17) is 5.73 Å². The second-order valence-electron chi connectivity index (χ2n) is 7.50. The topological polar surface area (TPSA) is 67.4 Å². The van der Waals surface area contributed by atoms with Gasteiger partial charge in [0.05, 0.1) is 5.69 Å². The summed E-state index contributed by atoms with van der Waals surface area (Å²) in [4.78, 5) is 17.2. The molecule has 158 valence electrons. The predicted octanol–water partition coefficient (Wildman–Crippen LogP) is 2.46. The maximum atomic E-state index is 12.7. The first kappa shape index (κ1) is 26.5. The van der Waals surface area contributed by atoms with E-state index in [9.17, 15) is 4.79 Å². The fourth-order valence-electron chi connectivity index (χ4n) is 4.11. The molecule has 1 aromatic rings. The van der Waals surface area contributed by atoms with Crippen molar-refractivity contribution >= 4 is 43.1 Å². The number of rotatable bonds is 3. The molecular formula is C18H34Cl3N5O. The van der Waals surface area contributed by atoms with Gasteiger partial charge in [0.25, 0.3) is 0 Å². The summed E-state index contributed by atoms with van der Waals surface area (Å²) in [5.74, 6) is 0.488. The average molecular weight is 443 g/mol. The lowest BCUT2D eigenvalue weighted by atomic mass is 9.85. The van der Waals surface area contributed by atoms with E-state index in [0.717, 1.165) is 64.1 Å². The van der Waals surface area contributed by atoms with E-state index in [-0.39, 0.29) is 49.2 Å². The van der Waals surface area contributed by atoms with E-state index in [1.54, 1.807) is 0 Å². The second-order valence-corrected chi connectivity index (χ2v) is 7.50. The number of carbonyl (C=O) groups is 1. The summed E-state index contributed by atoms with van der Waals surface area (Å²) in [6.07, 6.45) is 4.05. The van der Waals surface area contributed by atoms with Crippen LogP contribution in [0.15, 0.2) is 0 Å². The minimum atomic E-state index is 0. The molecule has 2 unspecified atom stereocenters. The Morgan fingerprint density at radius 3 is 2.26 bits per heavy atom.